The van der Waals surface area contributed by atoms with Crippen molar-refractivity contribution in [1.82, 2.24) is 9.62 Å². The van der Waals surface area contributed by atoms with Crippen LogP contribution < -0.4 is 4.72 Å². The fourth-order valence-electron chi connectivity index (χ4n) is 2.03. The van der Waals surface area contributed by atoms with Gasteiger partial charge in [0.05, 0.1) is 18.1 Å². The van der Waals surface area contributed by atoms with Crippen LogP contribution in [-0.2, 0) is 14.8 Å². The van der Waals surface area contributed by atoms with Gasteiger partial charge in [0.1, 0.15) is 0 Å². The standard InChI is InChI=1S/C13H19BrN2O3S.ClH/c1-11-10-12(2-3-13(11)14)20(17,18)15-4-5-16-6-8-19-9-7-16;/h2-3,10,15H,4-9H2,1H3;1H. The molecule has 0 amide bonds. The Morgan fingerprint density at radius 1 is 1.33 bits per heavy atom. The third-order valence-electron chi connectivity index (χ3n) is 3.26. The van der Waals surface area contributed by atoms with Crippen molar-refractivity contribution in [2.75, 3.05) is 39.4 Å². The number of sulfonamides is 1. The molecule has 1 fully saturated rings. The predicted octanol–water partition coefficient (Wildman–Crippen LogP) is 1.79. The van der Waals surface area contributed by atoms with Crippen molar-refractivity contribution in [1.29, 1.82) is 0 Å². The second kappa shape index (κ2) is 8.45. The first-order valence-corrected chi connectivity index (χ1v) is 8.82. The highest BCUT2D eigenvalue weighted by atomic mass is 79.9. The van der Waals surface area contributed by atoms with Crippen LogP contribution in [0.1, 0.15) is 5.56 Å². The van der Waals surface area contributed by atoms with Crippen LogP contribution in [0.2, 0.25) is 0 Å². The minimum atomic E-state index is -3.43. The van der Waals surface area contributed by atoms with Crippen molar-refractivity contribution >= 4 is 38.4 Å². The summed E-state index contributed by atoms with van der Waals surface area (Å²) in [6, 6.07) is 5.03. The van der Waals surface area contributed by atoms with Crippen molar-refractivity contribution in [3.8, 4) is 0 Å². The zero-order valence-electron chi connectivity index (χ0n) is 11.8. The minimum Gasteiger partial charge on any atom is -0.379 e. The topological polar surface area (TPSA) is 58.6 Å². The molecule has 1 aromatic rings. The van der Waals surface area contributed by atoms with Crippen LogP contribution in [0.3, 0.4) is 0 Å². The van der Waals surface area contributed by atoms with Gasteiger partial charge in [0, 0.05) is 30.7 Å². The van der Waals surface area contributed by atoms with Crippen molar-refractivity contribution in [2.45, 2.75) is 11.8 Å². The number of hydrogen-bond acceptors (Lipinski definition) is 4. The van der Waals surface area contributed by atoms with Gasteiger partial charge in [-0.15, -0.1) is 12.4 Å². The Morgan fingerprint density at radius 3 is 2.62 bits per heavy atom. The molecule has 0 atom stereocenters. The van der Waals surface area contributed by atoms with Gasteiger partial charge in [0.15, 0.2) is 0 Å². The monoisotopic (exact) mass is 398 g/mol. The maximum Gasteiger partial charge on any atom is 0.240 e. The highest BCUT2D eigenvalue weighted by molar-refractivity contribution is 9.10. The quantitative estimate of drug-likeness (QED) is 0.820. The molecule has 0 spiro atoms. The number of halogens is 2. The van der Waals surface area contributed by atoms with E-state index >= 15 is 0 Å². The summed E-state index contributed by atoms with van der Waals surface area (Å²) in [5.41, 5.74) is 0.904. The smallest absolute Gasteiger partial charge is 0.240 e. The molecule has 21 heavy (non-hydrogen) atoms. The second-order valence-electron chi connectivity index (χ2n) is 4.76. The average molecular weight is 400 g/mol. The summed E-state index contributed by atoms with van der Waals surface area (Å²) in [5.74, 6) is 0. The van der Waals surface area contributed by atoms with Crippen LogP contribution in [-0.4, -0.2) is 52.7 Å². The van der Waals surface area contributed by atoms with Crippen LogP contribution in [0.25, 0.3) is 0 Å². The SMILES string of the molecule is Cc1cc(S(=O)(=O)NCCN2CCOCC2)ccc1Br.Cl. The van der Waals surface area contributed by atoms with Crippen LogP contribution in [0.4, 0.5) is 0 Å². The Labute approximate surface area is 140 Å². The van der Waals surface area contributed by atoms with E-state index < -0.39 is 10.0 Å². The van der Waals surface area contributed by atoms with Gasteiger partial charge in [0.2, 0.25) is 10.0 Å². The van der Waals surface area contributed by atoms with E-state index in [9.17, 15) is 8.42 Å². The molecule has 0 aromatic heterocycles. The van der Waals surface area contributed by atoms with E-state index in [1.807, 2.05) is 6.92 Å². The van der Waals surface area contributed by atoms with Gasteiger partial charge >= 0.3 is 0 Å². The van der Waals surface area contributed by atoms with E-state index in [0.717, 1.165) is 36.3 Å². The summed E-state index contributed by atoms with van der Waals surface area (Å²) < 4.78 is 33.1. The number of nitrogens with zero attached hydrogens (tertiary/aromatic N) is 1. The van der Waals surface area contributed by atoms with Crippen LogP contribution in [0.15, 0.2) is 27.6 Å². The predicted molar refractivity (Wildman–Crippen MR) is 88.6 cm³/mol. The highest BCUT2D eigenvalue weighted by Crippen LogP contribution is 2.19. The zero-order chi connectivity index (χ0) is 14.6. The normalized spacial score (nSPS) is 16.5. The van der Waals surface area contributed by atoms with E-state index in [1.54, 1.807) is 18.2 Å². The molecule has 0 bridgehead atoms. The third-order valence-corrected chi connectivity index (χ3v) is 5.61. The van der Waals surface area contributed by atoms with Gasteiger partial charge < -0.3 is 4.74 Å². The second-order valence-corrected chi connectivity index (χ2v) is 7.38. The summed E-state index contributed by atoms with van der Waals surface area (Å²) in [7, 11) is -3.43. The number of rotatable bonds is 5. The van der Waals surface area contributed by atoms with E-state index in [2.05, 4.69) is 25.6 Å². The van der Waals surface area contributed by atoms with Crippen LogP contribution in [0, 0.1) is 6.92 Å². The van der Waals surface area contributed by atoms with E-state index in [4.69, 9.17) is 4.74 Å². The number of benzene rings is 1. The van der Waals surface area contributed by atoms with Crippen molar-refractivity contribution < 1.29 is 13.2 Å². The molecule has 5 nitrogen and oxygen atoms in total. The van der Waals surface area contributed by atoms with Crippen molar-refractivity contribution in [3.05, 3.63) is 28.2 Å². The Morgan fingerprint density at radius 2 is 2.00 bits per heavy atom. The minimum absolute atomic E-state index is 0. The van der Waals surface area contributed by atoms with Crippen molar-refractivity contribution in [3.63, 3.8) is 0 Å². The Balaban J connectivity index is 0.00000220. The molecular weight excluding hydrogens is 380 g/mol. The average Bonchev–Trinajstić information content (AvgIpc) is 2.43. The Hall–Kier alpha value is -0.180. The highest BCUT2D eigenvalue weighted by Gasteiger charge is 2.16. The molecule has 2 rings (SSSR count). The van der Waals surface area contributed by atoms with Crippen molar-refractivity contribution in [2.24, 2.45) is 0 Å². The van der Waals surface area contributed by atoms with Gasteiger partial charge in [-0.05, 0) is 30.7 Å². The lowest BCUT2D eigenvalue weighted by Crippen LogP contribution is -2.41. The summed E-state index contributed by atoms with van der Waals surface area (Å²) >= 11 is 3.37. The molecule has 1 aliphatic heterocycles. The molecule has 1 saturated heterocycles. The molecule has 1 aliphatic rings. The van der Waals surface area contributed by atoms with Gasteiger partial charge in [0.25, 0.3) is 0 Å². The number of nitrogens with one attached hydrogen (secondary N) is 1. The van der Waals surface area contributed by atoms with Gasteiger partial charge in [-0.2, -0.15) is 0 Å². The number of morpholine rings is 1. The molecule has 0 unspecified atom stereocenters. The maximum atomic E-state index is 12.2. The molecule has 0 aliphatic carbocycles. The summed E-state index contributed by atoms with van der Waals surface area (Å²) in [4.78, 5) is 2.50. The first-order chi connectivity index (χ1) is 9.49. The fraction of sp³-hybridized carbons (Fsp3) is 0.538. The summed E-state index contributed by atoms with van der Waals surface area (Å²) in [5, 5.41) is 0. The molecular formula is C13H20BrClN2O3S. The van der Waals surface area contributed by atoms with Crippen LogP contribution in [0.5, 0.6) is 0 Å². The fourth-order valence-corrected chi connectivity index (χ4v) is 3.38. The first kappa shape index (κ1) is 18.9. The molecule has 1 N–H and O–H groups in total. The third kappa shape index (κ3) is 5.50. The lowest BCUT2D eigenvalue weighted by molar-refractivity contribution is 0.0390. The molecule has 1 aromatic carbocycles. The Bertz CT molecular complexity index is 563. The maximum absolute atomic E-state index is 12.2. The number of hydrogen-bond donors (Lipinski definition) is 1. The lowest BCUT2D eigenvalue weighted by atomic mass is 10.2. The first-order valence-electron chi connectivity index (χ1n) is 6.55. The summed E-state index contributed by atoms with van der Waals surface area (Å²) in [6.45, 7) is 6.15. The lowest BCUT2D eigenvalue weighted by Gasteiger charge is -2.26. The zero-order valence-corrected chi connectivity index (χ0v) is 15.1. The number of aryl methyl sites for hydroxylation is 1. The van der Waals surface area contributed by atoms with E-state index in [1.165, 1.54) is 0 Å². The largest absolute Gasteiger partial charge is 0.379 e. The Kier molecular flexibility index (Phi) is 7.59. The molecule has 0 saturated carbocycles. The molecule has 120 valence electrons. The van der Waals surface area contributed by atoms with Gasteiger partial charge in [-0.3, -0.25) is 4.90 Å². The molecule has 8 heteroatoms. The van der Waals surface area contributed by atoms with E-state index in [0.29, 0.717) is 18.0 Å². The van der Waals surface area contributed by atoms with Gasteiger partial charge in [-0.25, -0.2) is 13.1 Å². The molecule has 1 heterocycles. The van der Waals surface area contributed by atoms with Crippen LogP contribution >= 0.6 is 28.3 Å². The van der Waals surface area contributed by atoms with E-state index in [-0.39, 0.29) is 12.4 Å². The molecule has 0 radical (unpaired) electrons. The summed E-state index contributed by atoms with van der Waals surface area (Å²) in [6.07, 6.45) is 0. The van der Waals surface area contributed by atoms with Gasteiger partial charge in [-0.1, -0.05) is 15.9 Å². The number of ether oxygens (including phenoxy) is 1.